The second kappa shape index (κ2) is 42.6. The standard InChI is InChI=1S/C25H30N4O3.C24H27N3O3.C23H25N3O4.C22H23N3O4.C21H23N3O3/c1-4-15-12-19(25(31)32)24(30)26-23(15)16-5-6-20-17(11-16)13-22-21(8-10-29(20)22)28-9-7-18(14-28)27(2)3;1-2-15-13-18(24(29)30)23(28)25-22(15)16-6-7-19-17(12-16)14-21-20(8-11-27(19)21)26-9-4-3-5-10-26;1-2-14-12-17(23(28)29)22(27)24-21(14)15-3-4-18-16(11-15)13-20-19(5-6-26(18)20)25-7-9-30-10-8-25;1-3-12-9-16(20(26)22(28)29)21(27)24-19(12)13-4-5-17-15(8-13)10-18(25(17)2)14-6-7-23-11-14;1-4-12-10-15(21(26)27)20(25)22-19(12)13-5-6-16-14(9-13)11-18-17(23(2)3)7-8-24(16)18/h5-6,11-13,18,21H,4,7-10,14H2,1-3H3,(H,26,30)(H,31,32);6-7,12-14,20H,2-5,8-11H2,1H3,(H,25,28)(H,29,30);3-4,11-13,19H,2,5-10H2,1H3,(H,24,27)(H,28,29);4-5,8-10,14,23H,3,6-7,11H2,1-2H3,(H,24,27)(H,28,29);5-6,9-11,17H,4,7-8H2,1-3H3,(H,22,25)(H,26,27). The molecule has 0 bridgehead atoms. The number of aromatic nitrogens is 10. The summed E-state index contributed by atoms with van der Waals surface area (Å²) < 4.78 is 17.4. The molecule has 23 rings (SSSR count). The van der Waals surface area contributed by atoms with Crippen molar-refractivity contribution in [2.24, 2.45) is 7.05 Å². The van der Waals surface area contributed by atoms with Crippen LogP contribution >= 0.6 is 0 Å². The Hall–Kier alpha value is -14.7. The number of nitrogens with zero attached hydrogens (tertiary/aromatic N) is 10. The number of likely N-dealkylation sites (tertiary alicyclic amines) is 2. The van der Waals surface area contributed by atoms with Gasteiger partial charge in [0.05, 0.1) is 71.4 Å². The van der Waals surface area contributed by atoms with Crippen molar-refractivity contribution < 1.29 is 59.0 Å². The number of likely N-dealkylation sites (N-methyl/N-ethyl adjacent to an activating group) is 1. The molecule has 18 heterocycles. The first-order valence-corrected chi connectivity index (χ1v) is 51.8. The third-order valence-electron chi connectivity index (χ3n) is 31.8. The first-order chi connectivity index (χ1) is 71.3. The van der Waals surface area contributed by atoms with Crippen molar-refractivity contribution in [3.63, 3.8) is 0 Å². The highest BCUT2D eigenvalue weighted by atomic mass is 16.5. The lowest BCUT2D eigenvalue weighted by Gasteiger charge is -2.31. The highest BCUT2D eigenvalue weighted by Crippen LogP contribution is 2.45. The molecule has 33 nitrogen and oxygen atoms in total. The number of ketones is 1. The molecule has 10 aromatic heterocycles. The molecule has 0 radical (unpaired) electrons. The Morgan fingerprint density at radius 3 is 1.01 bits per heavy atom. The molecular weight excluding hydrogens is 1880 g/mol. The summed E-state index contributed by atoms with van der Waals surface area (Å²) in [6.45, 7) is 24.0. The van der Waals surface area contributed by atoms with Crippen LogP contribution in [0, 0.1) is 0 Å². The number of H-pyrrole nitrogens is 5. The van der Waals surface area contributed by atoms with E-state index in [1.165, 1.54) is 131 Å². The number of pyridine rings is 5. The van der Waals surface area contributed by atoms with Crippen LogP contribution < -0.4 is 33.1 Å². The molecule has 0 saturated carbocycles. The number of aromatic carboxylic acids is 4. The quantitative estimate of drug-likeness (QED) is 0.0222. The monoisotopic (exact) mass is 2000 g/mol. The molecule has 0 spiro atoms. The minimum atomic E-state index is -1.63. The normalized spacial score (nSPS) is 18.5. The van der Waals surface area contributed by atoms with Crippen LogP contribution in [0.2, 0.25) is 0 Å². The molecule has 4 saturated heterocycles. The molecule has 4 fully saturated rings. The van der Waals surface area contributed by atoms with Crippen LogP contribution in [-0.4, -0.2) is 233 Å². The molecule has 8 aliphatic rings. The second-order valence-corrected chi connectivity index (χ2v) is 40.6. The number of carbonyl (C=O) groups excluding carboxylic acids is 1. The second-order valence-electron chi connectivity index (χ2n) is 40.6. The van der Waals surface area contributed by atoms with Gasteiger partial charge in [0, 0.05) is 161 Å². The minimum absolute atomic E-state index is 0.205. The van der Waals surface area contributed by atoms with Crippen molar-refractivity contribution in [3.8, 4) is 56.3 Å². The van der Waals surface area contributed by atoms with Gasteiger partial charge in [0.1, 0.15) is 22.3 Å². The van der Waals surface area contributed by atoms with Gasteiger partial charge < -0.3 is 93.1 Å². The van der Waals surface area contributed by atoms with Crippen molar-refractivity contribution in [3.05, 3.63) is 288 Å². The van der Waals surface area contributed by atoms with Crippen LogP contribution in [0.5, 0.6) is 0 Å². The maximum absolute atomic E-state index is 12.4. The summed E-state index contributed by atoms with van der Waals surface area (Å²) in [7, 11) is 10.6. The first-order valence-electron chi connectivity index (χ1n) is 51.8. The number of benzene rings is 5. The number of aromatic amines is 5. The Balaban J connectivity index is 0.000000116. The summed E-state index contributed by atoms with van der Waals surface area (Å²) in [6.07, 6.45) is 13.9. The number of aliphatic carboxylic acids is 1. The van der Waals surface area contributed by atoms with Crippen molar-refractivity contribution in [1.82, 2.24) is 77.6 Å². The van der Waals surface area contributed by atoms with Gasteiger partial charge in [-0.1, -0.05) is 71.4 Å². The zero-order valence-corrected chi connectivity index (χ0v) is 85.3. The smallest absolute Gasteiger partial charge is 0.377 e. The number of carboxylic acids is 5. The molecule has 11 N–H and O–H groups in total. The van der Waals surface area contributed by atoms with E-state index in [2.05, 4.69) is 192 Å². The van der Waals surface area contributed by atoms with Gasteiger partial charge in [-0.25, -0.2) is 24.0 Å². The van der Waals surface area contributed by atoms with Gasteiger partial charge in [0.15, 0.2) is 0 Å². The fourth-order valence-corrected chi connectivity index (χ4v) is 24.0. The number of fused-ring (bicyclic) bond motifs is 13. The number of carboxylic acid groups (broad SMARTS) is 5. The number of Topliss-reactive ketones (excluding diaryl/α,β-unsaturated/α-hetero) is 1. The number of hydrogen-bond acceptors (Lipinski definition) is 18. The van der Waals surface area contributed by atoms with Crippen LogP contribution in [0.4, 0.5) is 0 Å². The summed E-state index contributed by atoms with van der Waals surface area (Å²) in [5.41, 5.74) is 20.5. The highest BCUT2D eigenvalue weighted by Gasteiger charge is 2.38. The van der Waals surface area contributed by atoms with E-state index in [4.69, 9.17) is 9.84 Å². The molecule has 33 heteroatoms. The van der Waals surface area contributed by atoms with Crippen LogP contribution in [-0.2, 0) is 74.9 Å². The molecule has 148 heavy (non-hydrogen) atoms. The van der Waals surface area contributed by atoms with Crippen LogP contribution in [0.3, 0.4) is 0 Å². The fraction of sp³-hybridized carbons (Fsp3) is 0.383. The van der Waals surface area contributed by atoms with Gasteiger partial charge in [-0.15, -0.1) is 0 Å². The van der Waals surface area contributed by atoms with Gasteiger partial charge >= 0.3 is 29.8 Å². The van der Waals surface area contributed by atoms with Gasteiger partial charge in [-0.05, 0) is 308 Å². The molecule has 770 valence electrons. The molecule has 0 amide bonds. The van der Waals surface area contributed by atoms with E-state index in [1.54, 1.807) is 0 Å². The largest absolute Gasteiger partial charge is 0.477 e. The maximum atomic E-state index is 12.4. The molecule has 6 unspecified atom stereocenters. The highest BCUT2D eigenvalue weighted by molar-refractivity contribution is 6.39. The van der Waals surface area contributed by atoms with Crippen molar-refractivity contribution in [2.75, 3.05) is 93.8 Å². The van der Waals surface area contributed by atoms with E-state index in [1.807, 2.05) is 77.1 Å². The summed E-state index contributed by atoms with van der Waals surface area (Å²) in [6, 6.07) is 52.1. The molecule has 5 aromatic carbocycles. The average molecular weight is 2010 g/mol. The third kappa shape index (κ3) is 19.7. The number of hydrogen-bond donors (Lipinski definition) is 11. The van der Waals surface area contributed by atoms with Crippen LogP contribution in [0.25, 0.3) is 111 Å². The van der Waals surface area contributed by atoms with Crippen molar-refractivity contribution >= 4 is 90.1 Å². The number of ether oxygens (including phenoxy) is 1. The Bertz CT molecular complexity index is 7900. The van der Waals surface area contributed by atoms with Crippen LogP contribution in [0.15, 0.2) is 176 Å². The number of carbonyl (C=O) groups is 6. The number of nitrogens with one attached hydrogen (secondary N) is 6. The average Bonchev–Trinajstić information content (AvgIpc) is 1.60. The van der Waals surface area contributed by atoms with Crippen molar-refractivity contribution in [2.45, 2.75) is 187 Å². The van der Waals surface area contributed by atoms with E-state index < -0.39 is 63.4 Å². The predicted molar refractivity (Wildman–Crippen MR) is 572 cm³/mol. The Labute approximate surface area is 853 Å². The molecule has 8 aliphatic heterocycles. The summed E-state index contributed by atoms with van der Waals surface area (Å²) >= 11 is 0. The van der Waals surface area contributed by atoms with E-state index in [0.29, 0.717) is 96.7 Å². The predicted octanol–water partition coefficient (Wildman–Crippen LogP) is 16.3. The first kappa shape index (κ1) is 102. The fourth-order valence-electron chi connectivity index (χ4n) is 24.0. The lowest BCUT2D eigenvalue weighted by Crippen LogP contribution is -2.38. The van der Waals surface area contributed by atoms with Gasteiger partial charge in [0.2, 0.25) is 0 Å². The minimum Gasteiger partial charge on any atom is -0.477 e. The number of aryl methyl sites for hydroxylation is 10. The topological polar surface area (TPSA) is 430 Å². The third-order valence-corrected chi connectivity index (χ3v) is 31.8. The summed E-state index contributed by atoms with van der Waals surface area (Å²) in [4.78, 5) is 156. The van der Waals surface area contributed by atoms with Gasteiger partial charge in [-0.2, -0.15) is 0 Å². The van der Waals surface area contributed by atoms with Gasteiger partial charge in [0.25, 0.3) is 33.6 Å². The zero-order valence-electron chi connectivity index (χ0n) is 85.3. The Kier molecular flexibility index (Phi) is 29.4. The zero-order chi connectivity index (χ0) is 104. The number of morpholine rings is 1. The van der Waals surface area contributed by atoms with E-state index in [-0.39, 0.29) is 27.8 Å². The number of rotatable bonds is 22. The molecule has 6 atom stereocenters. The Morgan fingerprint density at radius 2 is 0.669 bits per heavy atom. The molecule has 15 aromatic rings. The lowest BCUT2D eigenvalue weighted by molar-refractivity contribution is -0.131. The maximum Gasteiger partial charge on any atom is 0.377 e. The Morgan fingerprint density at radius 1 is 0.345 bits per heavy atom. The summed E-state index contributed by atoms with van der Waals surface area (Å²) in [5.74, 6) is -7.14. The van der Waals surface area contributed by atoms with Gasteiger partial charge in [-0.3, -0.25) is 43.5 Å². The van der Waals surface area contributed by atoms with E-state index in [0.717, 1.165) is 187 Å². The van der Waals surface area contributed by atoms with E-state index in [9.17, 15) is 73.2 Å². The SMILES string of the molecule is CCc1cc(C(=O)C(=O)O)c(=O)[nH]c1-c1ccc2c(c1)cc(C1CCNC1)n2C.CCc1cc(C(=O)O)c(=O)[nH]c1-c1ccc2c(c1)cc1n2CCC1N(C)C.CCc1cc(C(=O)O)c(=O)[nH]c1-c1ccc2c(c1)cc1n2CCC1N1CCC(N(C)C)C1.CCc1cc(C(=O)O)c(=O)[nH]c1-c1ccc2c(c1)cc1n2CCC1N1CCCCC1.CCc1cc(C(=O)O)c(=O)[nH]c1-c1ccc2c(c1)cc1n2CCC1N1CCOCC1. The summed E-state index contributed by atoms with van der Waals surface area (Å²) in [5, 5.41) is 55.0. The van der Waals surface area contributed by atoms with Crippen molar-refractivity contribution in [1.29, 1.82) is 0 Å². The van der Waals surface area contributed by atoms with E-state index >= 15 is 0 Å². The lowest BCUT2D eigenvalue weighted by atomic mass is 9.99. The number of piperidine rings is 1. The molecular formula is C115H128N16O17. The van der Waals surface area contributed by atoms with Crippen LogP contribution in [0.1, 0.15) is 231 Å². The molecule has 0 aliphatic carbocycles.